The number of carbonyl (C=O) groups is 1. The number of carbonyl (C=O) groups excluding carboxylic acids is 1. The van der Waals surface area contributed by atoms with Gasteiger partial charge >= 0.3 is 0 Å². The Labute approximate surface area is 161 Å². The van der Waals surface area contributed by atoms with E-state index >= 15 is 0 Å². The predicted octanol–water partition coefficient (Wildman–Crippen LogP) is 2.58. The third-order valence-electron chi connectivity index (χ3n) is 4.09. The van der Waals surface area contributed by atoms with Crippen molar-refractivity contribution in [1.82, 2.24) is 14.4 Å². The van der Waals surface area contributed by atoms with E-state index in [4.69, 9.17) is 27.7 Å². The fourth-order valence-electron chi connectivity index (χ4n) is 2.72. The lowest BCUT2D eigenvalue weighted by atomic mass is 10.2. The molecule has 2 aromatic rings. The van der Waals surface area contributed by atoms with Gasteiger partial charge in [0.1, 0.15) is 0 Å². The number of aromatic nitrogens is 1. The molecule has 0 unspecified atom stereocenters. The third-order valence-corrected chi connectivity index (χ3v) is 6.68. The second kappa shape index (κ2) is 7.56. The van der Waals surface area contributed by atoms with Crippen molar-refractivity contribution in [3.8, 4) is 0 Å². The van der Waals surface area contributed by atoms with Gasteiger partial charge in [-0.05, 0) is 24.6 Å². The van der Waals surface area contributed by atoms with Gasteiger partial charge in [0.2, 0.25) is 15.8 Å². The first-order valence-electron chi connectivity index (χ1n) is 7.90. The summed E-state index contributed by atoms with van der Waals surface area (Å²) in [4.78, 5) is 13.9. The van der Waals surface area contributed by atoms with E-state index in [1.807, 2.05) is 0 Å². The van der Waals surface area contributed by atoms with Crippen LogP contribution in [-0.2, 0) is 15.8 Å². The molecule has 2 heterocycles. The van der Waals surface area contributed by atoms with Crippen molar-refractivity contribution in [2.24, 2.45) is 0 Å². The standard InChI is InChI=1S/C16H17Cl2N3O4S/c1-11-8-15(25-19-11)16(22)20-4-6-21(7-5-20)26(23,24)10-12-2-3-13(17)14(18)9-12/h2-3,8-9H,4-7,10H2,1H3. The summed E-state index contributed by atoms with van der Waals surface area (Å²) < 4.78 is 31.6. The number of halogens is 2. The molecule has 0 saturated carbocycles. The van der Waals surface area contributed by atoms with Crippen molar-refractivity contribution in [3.05, 3.63) is 51.3 Å². The summed E-state index contributed by atoms with van der Waals surface area (Å²) in [6, 6.07) is 6.33. The van der Waals surface area contributed by atoms with Gasteiger partial charge in [-0.25, -0.2) is 8.42 Å². The highest BCUT2D eigenvalue weighted by atomic mass is 35.5. The molecular weight excluding hydrogens is 401 g/mol. The normalized spacial score (nSPS) is 16.0. The minimum Gasteiger partial charge on any atom is -0.351 e. The van der Waals surface area contributed by atoms with Gasteiger partial charge in [0.15, 0.2) is 0 Å². The van der Waals surface area contributed by atoms with Crippen molar-refractivity contribution in [3.63, 3.8) is 0 Å². The number of rotatable bonds is 4. The maximum Gasteiger partial charge on any atom is 0.292 e. The lowest BCUT2D eigenvalue weighted by Gasteiger charge is -2.33. The lowest BCUT2D eigenvalue weighted by Crippen LogP contribution is -2.50. The molecule has 0 bridgehead atoms. The third kappa shape index (κ3) is 4.20. The van der Waals surface area contributed by atoms with Crippen LogP contribution >= 0.6 is 23.2 Å². The summed E-state index contributed by atoms with van der Waals surface area (Å²) >= 11 is 11.8. The van der Waals surface area contributed by atoms with Crippen LogP contribution in [0, 0.1) is 6.92 Å². The number of piperazine rings is 1. The highest BCUT2D eigenvalue weighted by Gasteiger charge is 2.30. The second-order valence-electron chi connectivity index (χ2n) is 6.03. The minimum absolute atomic E-state index is 0.162. The Morgan fingerprint density at radius 2 is 1.85 bits per heavy atom. The summed E-state index contributed by atoms with van der Waals surface area (Å²) in [5, 5.41) is 4.39. The molecule has 1 amide bonds. The highest BCUT2D eigenvalue weighted by Crippen LogP contribution is 2.24. The Kier molecular flexibility index (Phi) is 5.57. The van der Waals surface area contributed by atoms with Crippen LogP contribution in [0.4, 0.5) is 0 Å². The average Bonchev–Trinajstić information content (AvgIpc) is 3.04. The Hall–Kier alpha value is -1.61. The molecule has 1 aliphatic heterocycles. The fraction of sp³-hybridized carbons (Fsp3) is 0.375. The van der Waals surface area contributed by atoms with Crippen LogP contribution in [0.25, 0.3) is 0 Å². The van der Waals surface area contributed by atoms with E-state index in [0.717, 1.165) is 0 Å². The summed E-state index contributed by atoms with van der Waals surface area (Å²) in [6.45, 7) is 2.76. The smallest absolute Gasteiger partial charge is 0.292 e. The van der Waals surface area contributed by atoms with E-state index in [-0.39, 0.29) is 30.5 Å². The molecule has 140 valence electrons. The molecule has 7 nitrogen and oxygen atoms in total. The molecule has 10 heteroatoms. The van der Waals surface area contributed by atoms with E-state index in [0.29, 0.717) is 34.4 Å². The van der Waals surface area contributed by atoms with Gasteiger partial charge in [-0.15, -0.1) is 0 Å². The van der Waals surface area contributed by atoms with Crippen LogP contribution in [0.3, 0.4) is 0 Å². The fourth-order valence-corrected chi connectivity index (χ4v) is 4.54. The predicted molar refractivity (Wildman–Crippen MR) is 97.8 cm³/mol. The zero-order valence-electron chi connectivity index (χ0n) is 14.0. The average molecular weight is 418 g/mol. The molecule has 0 aliphatic carbocycles. The van der Waals surface area contributed by atoms with E-state index in [1.54, 1.807) is 36.1 Å². The number of hydrogen-bond donors (Lipinski definition) is 0. The molecule has 1 fully saturated rings. The number of benzene rings is 1. The summed E-state index contributed by atoms with van der Waals surface area (Å²) in [7, 11) is -3.52. The van der Waals surface area contributed by atoms with Crippen molar-refractivity contribution >= 4 is 39.1 Å². The van der Waals surface area contributed by atoms with Crippen molar-refractivity contribution < 1.29 is 17.7 Å². The Balaban J connectivity index is 1.63. The van der Waals surface area contributed by atoms with Crippen LogP contribution < -0.4 is 0 Å². The van der Waals surface area contributed by atoms with Gasteiger partial charge in [0, 0.05) is 32.2 Å². The minimum atomic E-state index is -3.52. The molecular formula is C16H17Cl2N3O4S. The number of sulfonamides is 1. The summed E-state index contributed by atoms with van der Waals surface area (Å²) in [6.07, 6.45) is 0. The Morgan fingerprint density at radius 1 is 1.15 bits per heavy atom. The maximum atomic E-state index is 12.6. The SMILES string of the molecule is Cc1cc(C(=O)N2CCN(S(=O)(=O)Cc3ccc(Cl)c(Cl)c3)CC2)on1. The second-order valence-corrected chi connectivity index (χ2v) is 8.81. The molecule has 0 spiro atoms. The zero-order valence-corrected chi connectivity index (χ0v) is 16.3. The van der Waals surface area contributed by atoms with Gasteiger partial charge in [-0.2, -0.15) is 4.31 Å². The van der Waals surface area contributed by atoms with E-state index < -0.39 is 10.0 Å². The zero-order chi connectivity index (χ0) is 18.9. The van der Waals surface area contributed by atoms with Crippen LogP contribution in [0.1, 0.15) is 21.8 Å². The van der Waals surface area contributed by atoms with Crippen molar-refractivity contribution in [2.45, 2.75) is 12.7 Å². The number of aryl methyl sites for hydroxylation is 1. The molecule has 1 aromatic heterocycles. The van der Waals surface area contributed by atoms with Gasteiger partial charge < -0.3 is 9.42 Å². The first-order valence-corrected chi connectivity index (χ1v) is 10.3. The van der Waals surface area contributed by atoms with Crippen LogP contribution in [0.15, 0.2) is 28.8 Å². The molecule has 26 heavy (non-hydrogen) atoms. The van der Waals surface area contributed by atoms with Crippen LogP contribution in [0.5, 0.6) is 0 Å². The monoisotopic (exact) mass is 417 g/mol. The van der Waals surface area contributed by atoms with E-state index in [9.17, 15) is 13.2 Å². The molecule has 0 radical (unpaired) electrons. The number of hydrogen-bond acceptors (Lipinski definition) is 5. The summed E-state index contributed by atoms with van der Waals surface area (Å²) in [5.41, 5.74) is 1.19. The Morgan fingerprint density at radius 3 is 2.42 bits per heavy atom. The van der Waals surface area contributed by atoms with Crippen LogP contribution in [-0.4, -0.2) is 54.9 Å². The molecule has 0 N–H and O–H groups in total. The molecule has 1 aliphatic rings. The maximum absolute atomic E-state index is 12.6. The quantitative estimate of drug-likeness (QED) is 0.762. The molecule has 3 rings (SSSR count). The Bertz CT molecular complexity index is 921. The lowest BCUT2D eigenvalue weighted by molar-refractivity contribution is 0.0656. The summed E-state index contributed by atoms with van der Waals surface area (Å²) in [5.74, 6) is -0.291. The van der Waals surface area contributed by atoms with Crippen molar-refractivity contribution in [2.75, 3.05) is 26.2 Å². The largest absolute Gasteiger partial charge is 0.351 e. The molecule has 1 saturated heterocycles. The highest BCUT2D eigenvalue weighted by molar-refractivity contribution is 7.88. The topological polar surface area (TPSA) is 83.7 Å². The van der Waals surface area contributed by atoms with E-state index in [2.05, 4.69) is 5.16 Å². The molecule has 0 atom stereocenters. The first kappa shape index (κ1) is 19.2. The van der Waals surface area contributed by atoms with Gasteiger partial charge in [-0.3, -0.25) is 4.79 Å². The number of amides is 1. The van der Waals surface area contributed by atoms with E-state index in [1.165, 1.54) is 4.31 Å². The van der Waals surface area contributed by atoms with Gasteiger partial charge in [0.05, 0.1) is 21.5 Å². The van der Waals surface area contributed by atoms with Crippen LogP contribution in [0.2, 0.25) is 10.0 Å². The number of nitrogens with zero attached hydrogens (tertiary/aromatic N) is 3. The van der Waals surface area contributed by atoms with Gasteiger partial charge in [-0.1, -0.05) is 34.4 Å². The van der Waals surface area contributed by atoms with Gasteiger partial charge in [0.25, 0.3) is 5.91 Å². The van der Waals surface area contributed by atoms with Crippen molar-refractivity contribution in [1.29, 1.82) is 0 Å². The molecule has 1 aromatic carbocycles. The first-order chi connectivity index (χ1) is 12.3.